The number of rotatable bonds is 4. The molecule has 2 N–H and O–H groups in total. The fourth-order valence-electron chi connectivity index (χ4n) is 5.65. The van der Waals surface area contributed by atoms with Gasteiger partial charge < -0.3 is 14.4 Å². The van der Waals surface area contributed by atoms with Gasteiger partial charge >= 0.3 is 12.0 Å². The second kappa shape index (κ2) is 10.1. The van der Waals surface area contributed by atoms with E-state index in [9.17, 15) is 19.2 Å². The first-order valence-electron chi connectivity index (χ1n) is 12.0. The second-order valence-electron chi connectivity index (χ2n) is 9.65. The molecule has 12 nitrogen and oxygen atoms in total. The Morgan fingerprint density at radius 1 is 1.26 bits per heavy atom. The lowest BCUT2D eigenvalue weighted by Gasteiger charge is -2.55. The van der Waals surface area contributed by atoms with Crippen molar-refractivity contribution in [2.45, 2.75) is 45.1 Å². The number of urea groups is 1. The highest BCUT2D eigenvalue weighted by Gasteiger charge is 2.63. The van der Waals surface area contributed by atoms with Gasteiger partial charge in [0.05, 0.1) is 35.2 Å². The van der Waals surface area contributed by atoms with Crippen LogP contribution >= 0.6 is 22.6 Å². The van der Waals surface area contributed by atoms with Gasteiger partial charge in [-0.1, -0.05) is 17.2 Å². The number of amides is 4. The van der Waals surface area contributed by atoms with Crippen LogP contribution in [0.2, 0.25) is 0 Å². The molecule has 0 unspecified atom stereocenters. The molecule has 3 atom stereocenters. The number of carbonyl (C=O) groups is 4. The topological polar surface area (TPSA) is 163 Å². The molecule has 2 fully saturated rings. The zero-order valence-electron chi connectivity index (χ0n) is 20.7. The number of halogens is 2. The molecule has 3 aliphatic rings. The van der Waals surface area contributed by atoms with Gasteiger partial charge in [0.2, 0.25) is 11.8 Å². The summed E-state index contributed by atoms with van der Waals surface area (Å²) >= 11 is 1.99. The lowest BCUT2D eigenvalue weighted by atomic mass is 9.66. The molecule has 202 valence electrons. The maximum atomic E-state index is 15.7. The molecule has 0 radical (unpaired) electrons. The Morgan fingerprint density at radius 3 is 2.64 bits per heavy atom. The molecule has 0 aliphatic carbocycles. The minimum atomic E-state index is -1.79. The van der Waals surface area contributed by atoms with Crippen LogP contribution in [0, 0.1) is 14.8 Å². The summed E-state index contributed by atoms with van der Waals surface area (Å²) in [6.07, 6.45) is -1.25. The lowest BCUT2D eigenvalue weighted by Crippen LogP contribution is -2.75. The fraction of sp³-hybridized carbons (Fsp3) is 0.360. The fourth-order valence-corrected chi connectivity index (χ4v) is 6.34. The molecular weight excluding hydrogens is 626 g/mol. The van der Waals surface area contributed by atoms with Crippen molar-refractivity contribution in [2.75, 3.05) is 11.4 Å². The molecule has 0 saturated carbocycles. The van der Waals surface area contributed by atoms with Crippen molar-refractivity contribution in [3.8, 4) is 0 Å². The molecule has 14 heteroatoms. The Hall–Kier alpha value is -3.75. The number of nitrogens with one attached hydrogen (secondary N) is 2. The zero-order chi connectivity index (χ0) is 28.1. The van der Waals surface area contributed by atoms with Crippen molar-refractivity contribution in [3.05, 3.63) is 66.9 Å². The van der Waals surface area contributed by atoms with Crippen LogP contribution in [-0.4, -0.2) is 48.6 Å². The highest BCUT2D eigenvalue weighted by Crippen LogP contribution is 2.47. The third-order valence-corrected chi connectivity index (χ3v) is 7.98. The molecule has 5 rings (SSSR count). The lowest BCUT2D eigenvalue weighted by molar-refractivity contribution is -0.153. The van der Waals surface area contributed by atoms with Gasteiger partial charge in [0.15, 0.2) is 5.41 Å². The van der Waals surface area contributed by atoms with Crippen molar-refractivity contribution in [1.29, 1.82) is 0 Å². The van der Waals surface area contributed by atoms with E-state index >= 15 is 4.39 Å². The third kappa shape index (κ3) is 4.57. The van der Waals surface area contributed by atoms with Crippen molar-refractivity contribution in [3.63, 3.8) is 0 Å². The largest absolute Gasteiger partial charge is 0.457 e. The van der Waals surface area contributed by atoms with E-state index in [0.717, 1.165) is 6.07 Å². The SMILES string of the molecule is C[C@@H]1CN2c3c(F)cc(C(=O)OCc4ccc(N=[N+]=[N-])c(I)c4)cc3CC3(C(=O)NC(=O)NC3=O)[C@H]2[C@H](C)O1. The quantitative estimate of drug-likeness (QED) is 0.128. The number of ether oxygens (including phenoxy) is 2. The molecule has 39 heavy (non-hydrogen) atoms. The summed E-state index contributed by atoms with van der Waals surface area (Å²) in [5.41, 5.74) is 8.22. The minimum absolute atomic E-state index is 0.0951. The van der Waals surface area contributed by atoms with Gasteiger partial charge in [-0.15, -0.1) is 0 Å². The summed E-state index contributed by atoms with van der Waals surface area (Å²) in [6.45, 7) is 3.55. The van der Waals surface area contributed by atoms with Crippen molar-refractivity contribution in [1.82, 2.24) is 10.6 Å². The van der Waals surface area contributed by atoms with Crippen LogP contribution in [0.3, 0.4) is 0 Å². The maximum absolute atomic E-state index is 15.7. The van der Waals surface area contributed by atoms with Crippen molar-refractivity contribution < 1.29 is 33.0 Å². The maximum Gasteiger partial charge on any atom is 0.338 e. The number of imide groups is 2. The molecule has 2 aromatic carbocycles. The second-order valence-corrected chi connectivity index (χ2v) is 10.8. The average molecular weight is 648 g/mol. The Morgan fingerprint density at radius 2 is 1.97 bits per heavy atom. The van der Waals surface area contributed by atoms with Gasteiger partial charge in [0.1, 0.15) is 12.4 Å². The van der Waals surface area contributed by atoms with Crippen molar-refractivity contribution in [2.24, 2.45) is 10.5 Å². The number of benzene rings is 2. The molecule has 0 aromatic heterocycles. The van der Waals surface area contributed by atoms with E-state index in [1.807, 2.05) is 22.6 Å². The normalized spacial score (nSPS) is 23.2. The summed E-state index contributed by atoms with van der Waals surface area (Å²) in [7, 11) is 0. The van der Waals surface area contributed by atoms with E-state index in [1.54, 1.807) is 36.9 Å². The van der Waals surface area contributed by atoms with Gasteiger partial charge in [0.25, 0.3) is 0 Å². The Balaban J connectivity index is 1.49. The predicted molar refractivity (Wildman–Crippen MR) is 142 cm³/mol. The van der Waals surface area contributed by atoms with Gasteiger partial charge in [-0.25, -0.2) is 14.0 Å². The number of carbonyl (C=O) groups excluding carboxylic acids is 4. The number of anilines is 1. The molecule has 4 amide bonds. The van der Waals surface area contributed by atoms with E-state index in [-0.39, 0.29) is 42.5 Å². The molecule has 3 aliphatic heterocycles. The number of morpholine rings is 1. The minimum Gasteiger partial charge on any atom is -0.457 e. The van der Waals surface area contributed by atoms with Gasteiger partial charge in [-0.2, -0.15) is 0 Å². The molecular formula is C25H22FIN6O6. The van der Waals surface area contributed by atoms with E-state index in [2.05, 4.69) is 20.7 Å². The summed E-state index contributed by atoms with van der Waals surface area (Å²) in [5.74, 6) is -3.14. The van der Waals surface area contributed by atoms with Crippen LogP contribution in [0.1, 0.15) is 35.3 Å². The van der Waals surface area contributed by atoms with Gasteiger partial charge in [-0.05, 0) is 71.3 Å². The van der Waals surface area contributed by atoms with Gasteiger partial charge in [-0.3, -0.25) is 20.2 Å². The number of azide groups is 1. The standard InChI is InChI=1S/C25H22FIN6O6/c1-11-9-33-19-15(8-25(20(33)12(2)39-11)22(35)29-24(37)30-23(25)36)6-14(7-16(19)26)21(34)38-10-13-3-4-18(31-32-28)17(27)5-13/h3-7,11-12,20H,8-10H2,1-2H3,(H2,29,30,35,36,37)/t11-,12+,20-/m1/s1. The highest BCUT2D eigenvalue weighted by atomic mass is 127. The molecule has 0 bridgehead atoms. The number of fused-ring (bicyclic) bond motifs is 4. The number of esters is 1. The average Bonchev–Trinajstić information content (AvgIpc) is 2.86. The van der Waals surface area contributed by atoms with E-state index < -0.39 is 47.2 Å². The molecule has 2 aromatic rings. The van der Waals surface area contributed by atoms with E-state index in [1.165, 1.54) is 6.07 Å². The monoisotopic (exact) mass is 648 g/mol. The smallest absolute Gasteiger partial charge is 0.338 e. The van der Waals surface area contributed by atoms with E-state index in [0.29, 0.717) is 14.8 Å². The van der Waals surface area contributed by atoms with Crippen LogP contribution in [0.5, 0.6) is 0 Å². The number of barbiturate groups is 1. The first kappa shape index (κ1) is 26.8. The van der Waals surface area contributed by atoms with Crippen LogP contribution < -0.4 is 15.5 Å². The first-order chi connectivity index (χ1) is 18.5. The highest BCUT2D eigenvalue weighted by molar-refractivity contribution is 14.1. The van der Waals surface area contributed by atoms with Crippen LogP contribution in [0.4, 0.5) is 20.6 Å². The third-order valence-electron chi connectivity index (χ3n) is 7.12. The van der Waals surface area contributed by atoms with E-state index in [4.69, 9.17) is 15.0 Å². The first-order valence-corrected chi connectivity index (χ1v) is 13.0. The zero-order valence-corrected chi connectivity index (χ0v) is 22.9. The van der Waals surface area contributed by atoms with Crippen LogP contribution in [0.25, 0.3) is 10.4 Å². The molecule has 2 saturated heterocycles. The molecule has 1 spiro atoms. The number of hydrogen-bond acceptors (Lipinski definition) is 8. The van der Waals surface area contributed by atoms with Crippen LogP contribution in [-0.2, 0) is 32.1 Å². The Labute approximate surface area is 235 Å². The molecule has 3 heterocycles. The number of nitrogens with zero attached hydrogens (tertiary/aromatic N) is 4. The summed E-state index contributed by atoms with van der Waals surface area (Å²) in [5, 5.41) is 7.90. The summed E-state index contributed by atoms with van der Waals surface area (Å²) in [4.78, 5) is 55.7. The van der Waals surface area contributed by atoms with Crippen molar-refractivity contribution >= 4 is 57.8 Å². The van der Waals surface area contributed by atoms with Crippen LogP contribution in [0.15, 0.2) is 35.4 Å². The number of hydrogen-bond donors (Lipinski definition) is 2. The Kier molecular flexibility index (Phi) is 6.95. The van der Waals surface area contributed by atoms with Gasteiger partial charge in [0, 0.05) is 21.4 Å². The Bertz CT molecular complexity index is 1460. The summed E-state index contributed by atoms with van der Waals surface area (Å²) in [6, 6.07) is 5.58. The summed E-state index contributed by atoms with van der Waals surface area (Å²) < 4.78 is 27.7. The predicted octanol–water partition coefficient (Wildman–Crippen LogP) is 3.62.